The van der Waals surface area contributed by atoms with Gasteiger partial charge < -0.3 is 11.1 Å². The fraction of sp³-hybridized carbons (Fsp3) is 0.533. The van der Waals surface area contributed by atoms with Gasteiger partial charge in [0, 0.05) is 24.2 Å². The van der Waals surface area contributed by atoms with Crippen LogP contribution in [0.3, 0.4) is 0 Å². The van der Waals surface area contributed by atoms with Crippen molar-refractivity contribution in [1.29, 1.82) is 0 Å². The van der Waals surface area contributed by atoms with Crippen LogP contribution in [0.1, 0.15) is 42.5 Å². The number of nitrogens with zero attached hydrogens (tertiary/aromatic N) is 1. The van der Waals surface area contributed by atoms with E-state index >= 15 is 0 Å². The number of carbonyl (C=O) groups excluding carboxylic acids is 1. The third-order valence-electron chi connectivity index (χ3n) is 4.14. The standard InChI is InChI=1S/C15H20FN3O3.ClH/c16-12-6-11(7-13(8-12)19(21)22)15(20)18-14(9-17)10-4-2-1-3-5-10;/h6-8,10,14H,1-5,9,17H2,(H,18,20);1H. The third kappa shape index (κ3) is 5.14. The predicted octanol–water partition coefficient (Wildman–Crippen LogP) is 2.79. The molecule has 0 heterocycles. The monoisotopic (exact) mass is 345 g/mol. The Bertz CT molecular complexity index is 565. The average Bonchev–Trinajstić information content (AvgIpc) is 2.52. The number of amides is 1. The van der Waals surface area contributed by atoms with Crippen LogP contribution in [0.5, 0.6) is 0 Å². The first kappa shape index (κ1) is 19.3. The Morgan fingerprint density at radius 2 is 2.00 bits per heavy atom. The lowest BCUT2D eigenvalue weighted by molar-refractivity contribution is -0.385. The van der Waals surface area contributed by atoms with Gasteiger partial charge in [0.25, 0.3) is 11.6 Å². The summed E-state index contributed by atoms with van der Waals surface area (Å²) in [5, 5.41) is 13.5. The van der Waals surface area contributed by atoms with E-state index in [1.54, 1.807) is 0 Å². The van der Waals surface area contributed by atoms with Crippen LogP contribution >= 0.6 is 12.4 Å². The van der Waals surface area contributed by atoms with Gasteiger partial charge in [-0.1, -0.05) is 19.3 Å². The average molecular weight is 346 g/mol. The maximum absolute atomic E-state index is 13.4. The van der Waals surface area contributed by atoms with Crippen molar-refractivity contribution in [3.8, 4) is 0 Å². The second kappa shape index (κ2) is 8.79. The number of non-ortho nitro benzene ring substituents is 1. The van der Waals surface area contributed by atoms with Crippen molar-refractivity contribution in [3.63, 3.8) is 0 Å². The molecule has 1 aliphatic carbocycles. The van der Waals surface area contributed by atoms with Gasteiger partial charge in [0.15, 0.2) is 0 Å². The molecule has 128 valence electrons. The van der Waals surface area contributed by atoms with Gasteiger partial charge in [-0.2, -0.15) is 0 Å². The van der Waals surface area contributed by atoms with Gasteiger partial charge in [0.05, 0.1) is 11.0 Å². The first-order valence-electron chi connectivity index (χ1n) is 7.47. The van der Waals surface area contributed by atoms with Crippen molar-refractivity contribution in [2.24, 2.45) is 11.7 Å². The number of carbonyl (C=O) groups is 1. The Balaban J connectivity index is 0.00000264. The van der Waals surface area contributed by atoms with Gasteiger partial charge in [0.1, 0.15) is 5.82 Å². The molecule has 6 nitrogen and oxygen atoms in total. The lowest BCUT2D eigenvalue weighted by Crippen LogP contribution is -2.45. The molecule has 1 fully saturated rings. The summed E-state index contributed by atoms with van der Waals surface area (Å²) in [6.07, 6.45) is 5.43. The Morgan fingerprint density at radius 1 is 1.35 bits per heavy atom. The quantitative estimate of drug-likeness (QED) is 0.633. The van der Waals surface area contributed by atoms with Crippen molar-refractivity contribution in [2.75, 3.05) is 6.54 Å². The van der Waals surface area contributed by atoms with Gasteiger partial charge in [-0.05, 0) is 24.8 Å². The summed E-state index contributed by atoms with van der Waals surface area (Å²) in [7, 11) is 0. The molecular weight excluding hydrogens is 325 g/mol. The molecule has 23 heavy (non-hydrogen) atoms. The summed E-state index contributed by atoms with van der Waals surface area (Å²) in [6.45, 7) is 0.299. The number of halogens is 2. The van der Waals surface area contributed by atoms with Crippen molar-refractivity contribution in [1.82, 2.24) is 5.32 Å². The highest BCUT2D eigenvalue weighted by Gasteiger charge is 2.25. The van der Waals surface area contributed by atoms with E-state index in [1.807, 2.05) is 0 Å². The normalized spacial score (nSPS) is 16.3. The van der Waals surface area contributed by atoms with Crippen LogP contribution in [0, 0.1) is 21.8 Å². The number of hydrogen-bond donors (Lipinski definition) is 2. The van der Waals surface area contributed by atoms with Crippen molar-refractivity contribution < 1.29 is 14.1 Å². The lowest BCUT2D eigenvalue weighted by Gasteiger charge is -2.30. The van der Waals surface area contributed by atoms with Crippen LogP contribution in [-0.4, -0.2) is 23.4 Å². The summed E-state index contributed by atoms with van der Waals surface area (Å²) < 4.78 is 13.4. The molecule has 1 amide bonds. The van der Waals surface area contributed by atoms with Crippen LogP contribution in [0.2, 0.25) is 0 Å². The lowest BCUT2D eigenvalue weighted by atomic mass is 9.84. The molecule has 0 aromatic heterocycles. The van der Waals surface area contributed by atoms with E-state index in [2.05, 4.69) is 5.32 Å². The van der Waals surface area contributed by atoms with Crippen LogP contribution in [0.4, 0.5) is 10.1 Å². The maximum atomic E-state index is 13.4. The Kier molecular flexibility index (Phi) is 7.38. The molecule has 1 aromatic rings. The molecule has 8 heteroatoms. The molecule has 1 atom stereocenters. The van der Waals surface area contributed by atoms with E-state index in [9.17, 15) is 19.3 Å². The summed E-state index contributed by atoms with van der Waals surface area (Å²) in [4.78, 5) is 22.2. The molecule has 2 rings (SSSR count). The highest BCUT2D eigenvalue weighted by molar-refractivity contribution is 5.95. The number of hydrogen-bond acceptors (Lipinski definition) is 4. The number of nitro groups is 1. The zero-order valence-electron chi connectivity index (χ0n) is 12.7. The highest BCUT2D eigenvalue weighted by atomic mass is 35.5. The molecule has 0 radical (unpaired) electrons. The van der Waals surface area contributed by atoms with Gasteiger partial charge in [0.2, 0.25) is 0 Å². The zero-order valence-corrected chi connectivity index (χ0v) is 13.5. The number of nitrogens with two attached hydrogens (primary N) is 1. The van der Waals surface area contributed by atoms with E-state index in [1.165, 1.54) is 6.42 Å². The van der Waals surface area contributed by atoms with Crippen molar-refractivity contribution in [2.45, 2.75) is 38.1 Å². The molecule has 0 bridgehead atoms. The van der Waals surface area contributed by atoms with Crippen LogP contribution in [0.25, 0.3) is 0 Å². The highest BCUT2D eigenvalue weighted by Crippen LogP contribution is 2.26. The SMILES string of the molecule is Cl.NCC(NC(=O)c1cc(F)cc([N+](=O)[O-])c1)C1CCCCC1. The third-order valence-corrected chi connectivity index (χ3v) is 4.14. The molecule has 1 unspecified atom stereocenters. The topological polar surface area (TPSA) is 98.3 Å². The maximum Gasteiger partial charge on any atom is 0.273 e. The first-order valence-corrected chi connectivity index (χ1v) is 7.47. The van der Waals surface area contributed by atoms with Gasteiger partial charge >= 0.3 is 0 Å². The number of nitrogens with one attached hydrogen (secondary N) is 1. The molecule has 0 aliphatic heterocycles. The molecule has 1 aromatic carbocycles. The molecule has 3 N–H and O–H groups in total. The second-order valence-electron chi connectivity index (χ2n) is 5.67. The fourth-order valence-corrected chi connectivity index (χ4v) is 2.97. The van der Waals surface area contributed by atoms with E-state index in [0.29, 0.717) is 12.5 Å². The van der Waals surface area contributed by atoms with Crippen molar-refractivity contribution in [3.05, 3.63) is 39.7 Å². The molecule has 1 aliphatic rings. The van der Waals surface area contributed by atoms with Crippen LogP contribution < -0.4 is 11.1 Å². The van der Waals surface area contributed by atoms with Gasteiger partial charge in [-0.3, -0.25) is 14.9 Å². The van der Waals surface area contributed by atoms with Crippen LogP contribution in [-0.2, 0) is 0 Å². The predicted molar refractivity (Wildman–Crippen MR) is 87.2 cm³/mol. The van der Waals surface area contributed by atoms with Crippen molar-refractivity contribution >= 4 is 24.0 Å². The molecule has 1 saturated carbocycles. The Hall–Kier alpha value is -1.73. The minimum Gasteiger partial charge on any atom is -0.348 e. The smallest absolute Gasteiger partial charge is 0.273 e. The Labute approximate surface area is 140 Å². The minimum atomic E-state index is -0.804. The fourth-order valence-electron chi connectivity index (χ4n) is 2.97. The summed E-state index contributed by atoms with van der Waals surface area (Å²) in [5.41, 5.74) is 5.25. The van der Waals surface area contributed by atoms with Gasteiger partial charge in [-0.15, -0.1) is 12.4 Å². The van der Waals surface area contributed by atoms with E-state index < -0.39 is 22.3 Å². The number of benzene rings is 1. The van der Waals surface area contributed by atoms with E-state index in [-0.39, 0.29) is 24.0 Å². The largest absolute Gasteiger partial charge is 0.348 e. The summed E-state index contributed by atoms with van der Waals surface area (Å²) in [6, 6.07) is 2.68. The minimum absolute atomic E-state index is 0. The van der Waals surface area contributed by atoms with E-state index in [0.717, 1.165) is 43.9 Å². The van der Waals surface area contributed by atoms with Gasteiger partial charge in [-0.25, -0.2) is 4.39 Å². The molecule has 0 spiro atoms. The summed E-state index contributed by atoms with van der Waals surface area (Å²) >= 11 is 0. The van der Waals surface area contributed by atoms with E-state index in [4.69, 9.17) is 5.73 Å². The molecule has 0 saturated heterocycles. The number of nitro benzene ring substituents is 1. The second-order valence-corrected chi connectivity index (χ2v) is 5.67. The van der Waals surface area contributed by atoms with Crippen LogP contribution in [0.15, 0.2) is 18.2 Å². The Morgan fingerprint density at radius 3 is 2.57 bits per heavy atom. The number of rotatable bonds is 5. The zero-order chi connectivity index (χ0) is 16.1. The summed E-state index contributed by atoms with van der Waals surface area (Å²) in [5.74, 6) is -1.02. The first-order chi connectivity index (χ1) is 10.5. The molecular formula is C15H21ClFN3O3.